The van der Waals surface area contributed by atoms with Crippen LogP contribution in [0.25, 0.3) is 5.65 Å². The Hall–Kier alpha value is -6.31. The molecule has 19 heteroatoms. The van der Waals surface area contributed by atoms with Gasteiger partial charge in [0, 0.05) is 82.3 Å². The summed E-state index contributed by atoms with van der Waals surface area (Å²) < 4.78 is 43.4. The Morgan fingerprint density at radius 1 is 0.909 bits per heavy atom. The van der Waals surface area contributed by atoms with Crippen molar-refractivity contribution >= 4 is 40.8 Å². The average Bonchev–Trinajstić information content (AvgIpc) is 4.05. The third-order valence-electron chi connectivity index (χ3n) is 13.7. The van der Waals surface area contributed by atoms with Crippen LogP contribution in [0, 0.1) is 5.92 Å². The number of piperidine rings is 1. The highest BCUT2D eigenvalue weighted by molar-refractivity contribution is 6.08. The number of hydrogen-bond acceptors (Lipinski definition) is 12. The number of alkyl halides is 2. The van der Waals surface area contributed by atoms with Crippen molar-refractivity contribution in [1.82, 2.24) is 44.4 Å². The Bertz CT molecular complexity index is 2600. The van der Waals surface area contributed by atoms with Crippen LogP contribution in [-0.2, 0) is 34.0 Å². The first-order valence-corrected chi connectivity index (χ1v) is 22.9. The van der Waals surface area contributed by atoms with Crippen LogP contribution < -0.4 is 20.3 Å². The molecule has 7 heterocycles. The van der Waals surface area contributed by atoms with Crippen LogP contribution in [0.2, 0.25) is 0 Å². The van der Waals surface area contributed by atoms with Crippen molar-refractivity contribution in [3.05, 3.63) is 101 Å². The first-order chi connectivity index (χ1) is 32.1. The summed E-state index contributed by atoms with van der Waals surface area (Å²) >= 11 is 0. The number of piperazine rings is 1. The zero-order valence-electron chi connectivity index (χ0n) is 36.6. The molecule has 0 radical (unpaired) electrons. The van der Waals surface area contributed by atoms with Crippen molar-refractivity contribution in [2.24, 2.45) is 5.92 Å². The summed E-state index contributed by atoms with van der Waals surface area (Å²) in [5.74, 6) is 0.276. The van der Waals surface area contributed by atoms with Gasteiger partial charge in [-0.1, -0.05) is 30.3 Å². The van der Waals surface area contributed by atoms with E-state index in [1.165, 1.54) is 21.2 Å². The van der Waals surface area contributed by atoms with Gasteiger partial charge in [-0.2, -0.15) is 10.2 Å². The van der Waals surface area contributed by atoms with E-state index in [0.717, 1.165) is 76.1 Å². The van der Waals surface area contributed by atoms with Crippen molar-refractivity contribution in [3.63, 3.8) is 0 Å². The number of nitrogens with zero attached hydrogens (tertiary/aromatic N) is 9. The van der Waals surface area contributed by atoms with E-state index in [1.807, 2.05) is 12.1 Å². The van der Waals surface area contributed by atoms with Crippen LogP contribution in [-0.4, -0.2) is 128 Å². The number of morpholine rings is 1. The molecule has 346 valence electrons. The van der Waals surface area contributed by atoms with E-state index in [0.29, 0.717) is 68.0 Å². The molecule has 3 saturated heterocycles. The second kappa shape index (κ2) is 18.9. The molecule has 1 saturated carbocycles. The number of anilines is 2. The lowest BCUT2D eigenvalue weighted by molar-refractivity contribution is -0.136. The van der Waals surface area contributed by atoms with Gasteiger partial charge in [-0.3, -0.25) is 34.1 Å². The van der Waals surface area contributed by atoms with Crippen LogP contribution in [0.5, 0.6) is 5.75 Å². The van der Waals surface area contributed by atoms with E-state index in [9.17, 15) is 28.0 Å². The van der Waals surface area contributed by atoms with Crippen LogP contribution in [0.4, 0.5) is 20.3 Å². The number of ether oxygens (including phenoxy) is 2. The van der Waals surface area contributed by atoms with E-state index in [4.69, 9.17) is 9.47 Å². The molecule has 4 amide bonds. The zero-order valence-corrected chi connectivity index (χ0v) is 36.6. The number of carbonyl (C=O) groups excluding carboxylic acids is 4. The second-order valence-corrected chi connectivity index (χ2v) is 17.9. The van der Waals surface area contributed by atoms with Gasteiger partial charge in [0.25, 0.3) is 18.2 Å². The summed E-state index contributed by atoms with van der Waals surface area (Å²) in [6.45, 7) is 8.87. The highest BCUT2D eigenvalue weighted by atomic mass is 19.3. The molecule has 5 aliphatic rings. The van der Waals surface area contributed by atoms with Gasteiger partial charge in [0.05, 0.1) is 37.7 Å². The highest BCUT2D eigenvalue weighted by Gasteiger charge is 2.40. The Morgan fingerprint density at radius 2 is 1.67 bits per heavy atom. The standard InChI is InChI=1S/C47H53F2N11O6/c48-43(49)42-37(51-45(62)35-24-50-59-15-14-40(52-44(35)59)57-20-22-65-23-21-57)28-60(54-42)33-10-8-31(9-11-33)26-56-18-16-55(17-19-56)25-30-4-6-32(7-5-30)29-66-39-3-1-2-34-36(39)27-58(47(34)64)38-12-13-41(61)53-46(38)63/h1-7,14-15,24,28,31,33,38,43H,8-13,16-23,25-27,29H2,(H,51,62)(H,53,61,63)/t31-,33-,38?. The maximum atomic E-state index is 14.3. The van der Waals surface area contributed by atoms with Gasteiger partial charge in [0.15, 0.2) is 11.3 Å². The molecule has 5 aromatic rings. The molecule has 0 spiro atoms. The molecule has 17 nitrogen and oxygen atoms in total. The largest absolute Gasteiger partial charge is 0.489 e. The fraction of sp³-hybridized carbons (Fsp3) is 0.468. The molecule has 1 aliphatic carbocycles. The monoisotopic (exact) mass is 905 g/mol. The predicted molar refractivity (Wildman–Crippen MR) is 237 cm³/mol. The van der Waals surface area contributed by atoms with Gasteiger partial charge in [0.1, 0.15) is 29.8 Å². The number of hydrogen-bond donors (Lipinski definition) is 2. The number of nitrogens with one attached hydrogen (secondary N) is 2. The first kappa shape index (κ1) is 43.6. The normalized spacial score (nSPS) is 22.0. The number of imide groups is 1. The van der Waals surface area contributed by atoms with Gasteiger partial charge < -0.3 is 29.5 Å². The summed E-state index contributed by atoms with van der Waals surface area (Å²) in [5.41, 5.74) is 3.59. The maximum absolute atomic E-state index is 14.3. The number of rotatable bonds is 13. The Morgan fingerprint density at radius 3 is 2.42 bits per heavy atom. The van der Waals surface area contributed by atoms with E-state index >= 15 is 0 Å². The quantitative estimate of drug-likeness (QED) is 0.154. The average molecular weight is 906 g/mol. The number of benzene rings is 2. The summed E-state index contributed by atoms with van der Waals surface area (Å²) in [6, 6.07) is 14.9. The molecule has 1 unspecified atom stereocenters. The minimum Gasteiger partial charge on any atom is -0.489 e. The molecule has 4 aliphatic heterocycles. The van der Waals surface area contributed by atoms with Crippen molar-refractivity contribution in [1.29, 1.82) is 0 Å². The SMILES string of the molecule is O=C1CCC(N2Cc3c(OCc4ccc(CN5CCN(C[C@H]6CC[C@H](n7cc(NC(=O)c8cnn9ccc(N%10CCOCC%10)nc89)c(C(F)F)n7)CC6)CC5)cc4)cccc3C2=O)C(=O)N1. The minimum absolute atomic E-state index is 0.00284. The molecule has 1 atom stereocenters. The van der Waals surface area contributed by atoms with Gasteiger partial charge >= 0.3 is 0 Å². The molecule has 10 rings (SSSR count). The van der Waals surface area contributed by atoms with Crippen molar-refractivity contribution in [2.45, 2.75) is 76.7 Å². The Kier molecular flexibility index (Phi) is 12.5. The summed E-state index contributed by atoms with van der Waals surface area (Å²) in [4.78, 5) is 64.1. The molecule has 2 aromatic carbocycles. The number of fused-ring (bicyclic) bond motifs is 2. The third kappa shape index (κ3) is 9.23. The number of carbonyl (C=O) groups is 4. The number of halogens is 2. The van der Waals surface area contributed by atoms with Crippen LogP contribution in [0.15, 0.2) is 67.1 Å². The lowest BCUT2D eigenvalue weighted by atomic mass is 9.85. The first-order valence-electron chi connectivity index (χ1n) is 22.9. The van der Waals surface area contributed by atoms with Crippen molar-refractivity contribution in [2.75, 3.05) is 69.2 Å². The van der Waals surface area contributed by atoms with Crippen LogP contribution in [0.1, 0.15) is 94.1 Å². The van der Waals surface area contributed by atoms with Gasteiger partial charge in [-0.25, -0.2) is 18.3 Å². The Labute approximate surface area is 380 Å². The van der Waals surface area contributed by atoms with Gasteiger partial charge in [-0.15, -0.1) is 0 Å². The van der Waals surface area contributed by atoms with Crippen molar-refractivity contribution < 1.29 is 37.4 Å². The fourth-order valence-corrected chi connectivity index (χ4v) is 9.97. The number of aromatic nitrogens is 5. The van der Waals surface area contributed by atoms with Gasteiger partial charge in [-0.05, 0) is 67.3 Å². The van der Waals surface area contributed by atoms with E-state index in [-0.39, 0.29) is 42.1 Å². The summed E-state index contributed by atoms with van der Waals surface area (Å²) in [7, 11) is 0. The smallest absolute Gasteiger partial charge is 0.284 e. The summed E-state index contributed by atoms with van der Waals surface area (Å²) in [6.07, 6.45) is 5.93. The van der Waals surface area contributed by atoms with Gasteiger partial charge in [0.2, 0.25) is 11.8 Å². The molecule has 2 N–H and O–H groups in total. The second-order valence-electron chi connectivity index (χ2n) is 17.9. The minimum atomic E-state index is -2.86. The molecule has 3 aromatic heterocycles. The topological polar surface area (TPSA) is 172 Å². The van der Waals surface area contributed by atoms with Crippen molar-refractivity contribution in [3.8, 4) is 5.75 Å². The molecular formula is C47H53F2N11O6. The van der Waals surface area contributed by atoms with E-state index in [1.54, 1.807) is 29.2 Å². The highest BCUT2D eigenvalue weighted by Crippen LogP contribution is 2.37. The zero-order chi connectivity index (χ0) is 45.3. The molecular weight excluding hydrogens is 853 g/mol. The maximum Gasteiger partial charge on any atom is 0.284 e. The molecule has 4 fully saturated rings. The third-order valence-corrected chi connectivity index (χ3v) is 13.7. The van der Waals surface area contributed by atoms with Crippen LogP contribution >= 0.6 is 0 Å². The number of amides is 4. The summed E-state index contributed by atoms with van der Waals surface area (Å²) in [5, 5.41) is 13.6. The Balaban J connectivity index is 0.669. The molecule has 66 heavy (non-hydrogen) atoms. The predicted octanol–water partition coefficient (Wildman–Crippen LogP) is 4.84. The molecule has 0 bridgehead atoms. The fourth-order valence-electron chi connectivity index (χ4n) is 9.97. The van der Waals surface area contributed by atoms with E-state index in [2.05, 4.69) is 64.8 Å². The van der Waals surface area contributed by atoms with E-state index < -0.39 is 30.0 Å². The lowest BCUT2D eigenvalue weighted by Crippen LogP contribution is -2.52. The van der Waals surface area contributed by atoms with Crippen LogP contribution in [0.3, 0.4) is 0 Å². The lowest BCUT2D eigenvalue weighted by Gasteiger charge is -2.38.